The zero-order valence-corrected chi connectivity index (χ0v) is 13.2. The number of nitrogen functional groups attached to an aromatic ring is 1. The van der Waals surface area contributed by atoms with Crippen molar-refractivity contribution in [2.75, 3.05) is 5.84 Å². The molecule has 120 valence electrons. The lowest BCUT2D eigenvalue weighted by Crippen LogP contribution is -2.27. The molecule has 2 aromatic rings. The Bertz CT molecular complexity index is 733. The van der Waals surface area contributed by atoms with E-state index in [1.165, 1.54) is 16.9 Å². The third-order valence-corrected chi connectivity index (χ3v) is 3.81. The summed E-state index contributed by atoms with van der Waals surface area (Å²) in [6.07, 6.45) is 6.29. The number of ketones is 1. The molecule has 0 saturated carbocycles. The maximum atomic E-state index is 12.5. The lowest BCUT2D eigenvalue weighted by molar-refractivity contribution is 0.0971. The van der Waals surface area contributed by atoms with Crippen LogP contribution in [0.1, 0.15) is 40.9 Å². The summed E-state index contributed by atoms with van der Waals surface area (Å²) in [6, 6.07) is 11.3. The van der Waals surface area contributed by atoms with Crippen molar-refractivity contribution in [2.24, 2.45) is 0 Å². The second-order valence-electron chi connectivity index (χ2n) is 5.50. The molecule has 23 heavy (non-hydrogen) atoms. The van der Waals surface area contributed by atoms with Gasteiger partial charge < -0.3 is 5.84 Å². The minimum atomic E-state index is -0.130. The fourth-order valence-electron chi connectivity index (χ4n) is 2.59. The first-order valence-corrected chi connectivity index (χ1v) is 7.81. The lowest BCUT2D eigenvalue weighted by Gasteiger charge is -2.12. The number of unbranched alkanes of at least 4 members (excludes halogenated alkanes) is 1. The summed E-state index contributed by atoms with van der Waals surface area (Å²) in [5.41, 5.74) is 1.83. The van der Waals surface area contributed by atoms with E-state index in [1.54, 1.807) is 6.08 Å². The van der Waals surface area contributed by atoms with Gasteiger partial charge in [0, 0.05) is 24.2 Å². The van der Waals surface area contributed by atoms with Gasteiger partial charge >= 0.3 is 0 Å². The van der Waals surface area contributed by atoms with Gasteiger partial charge in [0.05, 0.1) is 0 Å². The van der Waals surface area contributed by atoms with Gasteiger partial charge in [0.2, 0.25) is 0 Å². The van der Waals surface area contributed by atoms with E-state index >= 15 is 0 Å². The second-order valence-corrected chi connectivity index (χ2v) is 5.50. The Balaban J connectivity index is 2.23. The van der Waals surface area contributed by atoms with Gasteiger partial charge in [-0.1, -0.05) is 36.4 Å². The number of hydrogen-bond donors (Lipinski definition) is 1. The molecule has 0 aliphatic heterocycles. The molecule has 0 spiro atoms. The topological polar surface area (TPSA) is 65.1 Å². The number of carbonyl (C=O) groups is 1. The van der Waals surface area contributed by atoms with Crippen LogP contribution in [-0.4, -0.2) is 10.5 Å². The second kappa shape index (κ2) is 8.13. The number of nitrogens with zero attached hydrogens (tertiary/aromatic N) is 1. The number of rotatable bonds is 8. The Morgan fingerprint density at radius 1 is 1.17 bits per heavy atom. The number of Topliss-reactive ketones (excluding diaryl/α,β-unsaturated/α-hetero) is 1. The summed E-state index contributed by atoms with van der Waals surface area (Å²) in [5, 5.41) is 0. The Hall–Kier alpha value is -2.62. The van der Waals surface area contributed by atoms with Gasteiger partial charge in [-0.3, -0.25) is 14.3 Å². The zero-order valence-electron chi connectivity index (χ0n) is 13.2. The number of hydrogen-bond acceptors (Lipinski definition) is 3. The standard InChI is InChI=1S/C19H22N2O2/c1-2-3-5-10-18(23)19-16(17(22)13-14-21(19)20)12-11-15-8-6-4-7-9-15/h2,4,6-9,13-14H,1,3,5,10-12,20H2. The van der Waals surface area contributed by atoms with E-state index in [1.807, 2.05) is 30.3 Å². The van der Waals surface area contributed by atoms with Crippen LogP contribution >= 0.6 is 0 Å². The minimum Gasteiger partial charge on any atom is -0.339 e. The van der Waals surface area contributed by atoms with Crippen LogP contribution in [0, 0.1) is 0 Å². The highest BCUT2D eigenvalue weighted by molar-refractivity contribution is 5.95. The molecule has 0 radical (unpaired) electrons. The van der Waals surface area contributed by atoms with Crippen LogP contribution < -0.4 is 11.3 Å². The normalized spacial score (nSPS) is 10.4. The molecule has 4 nitrogen and oxygen atoms in total. The van der Waals surface area contributed by atoms with E-state index in [-0.39, 0.29) is 11.2 Å². The van der Waals surface area contributed by atoms with Crippen molar-refractivity contribution in [3.63, 3.8) is 0 Å². The molecule has 0 fully saturated rings. The van der Waals surface area contributed by atoms with Gasteiger partial charge in [0.1, 0.15) is 5.69 Å². The van der Waals surface area contributed by atoms with E-state index in [4.69, 9.17) is 5.84 Å². The predicted octanol–water partition coefficient (Wildman–Crippen LogP) is 2.89. The van der Waals surface area contributed by atoms with Crippen LogP contribution in [0.3, 0.4) is 0 Å². The number of allylic oxidation sites excluding steroid dienone is 1. The molecule has 0 aliphatic carbocycles. The first kappa shape index (κ1) is 16.7. The monoisotopic (exact) mass is 310 g/mol. The van der Waals surface area contributed by atoms with Gasteiger partial charge in [0.25, 0.3) is 0 Å². The Morgan fingerprint density at radius 3 is 2.61 bits per heavy atom. The number of carbonyl (C=O) groups excluding carboxylic acids is 1. The number of benzene rings is 1. The zero-order chi connectivity index (χ0) is 16.7. The predicted molar refractivity (Wildman–Crippen MR) is 93.1 cm³/mol. The highest BCUT2D eigenvalue weighted by Gasteiger charge is 2.17. The van der Waals surface area contributed by atoms with Crippen molar-refractivity contribution in [3.05, 3.63) is 82.3 Å². The first-order valence-electron chi connectivity index (χ1n) is 7.81. The van der Waals surface area contributed by atoms with Crippen molar-refractivity contribution in [3.8, 4) is 0 Å². The molecule has 2 rings (SSSR count). The summed E-state index contributed by atoms with van der Waals surface area (Å²) in [5.74, 6) is 5.81. The third kappa shape index (κ3) is 4.42. The Morgan fingerprint density at radius 2 is 1.91 bits per heavy atom. The average Bonchev–Trinajstić information content (AvgIpc) is 2.56. The van der Waals surface area contributed by atoms with Gasteiger partial charge in [-0.05, 0) is 31.2 Å². The summed E-state index contributed by atoms with van der Waals surface area (Å²) in [6.45, 7) is 3.65. The van der Waals surface area contributed by atoms with Gasteiger partial charge in [-0.25, -0.2) is 0 Å². The van der Waals surface area contributed by atoms with Crippen LogP contribution in [0.2, 0.25) is 0 Å². The Labute approximate surface area is 136 Å². The molecular formula is C19H22N2O2. The molecule has 4 heteroatoms. The highest BCUT2D eigenvalue weighted by atomic mass is 16.1. The molecule has 0 unspecified atom stereocenters. The fraction of sp³-hybridized carbons (Fsp3) is 0.263. The fourth-order valence-corrected chi connectivity index (χ4v) is 2.59. The summed E-state index contributed by atoms with van der Waals surface area (Å²) in [7, 11) is 0. The van der Waals surface area contributed by atoms with Crippen molar-refractivity contribution in [1.82, 2.24) is 4.68 Å². The first-order chi connectivity index (χ1) is 11.1. The number of pyridine rings is 1. The van der Waals surface area contributed by atoms with Crippen molar-refractivity contribution >= 4 is 5.78 Å². The molecular weight excluding hydrogens is 288 g/mol. The summed E-state index contributed by atoms with van der Waals surface area (Å²) >= 11 is 0. The SMILES string of the molecule is C=CCCCC(=O)c1c(CCc2ccccc2)c(=O)ccn1N. The van der Waals surface area contributed by atoms with Crippen LogP contribution in [0.5, 0.6) is 0 Å². The molecule has 0 amide bonds. The summed E-state index contributed by atoms with van der Waals surface area (Å²) in [4.78, 5) is 24.7. The van der Waals surface area contributed by atoms with Crippen LogP contribution in [0.15, 0.2) is 60.0 Å². The number of aryl methyl sites for hydroxylation is 1. The van der Waals surface area contributed by atoms with Crippen molar-refractivity contribution in [2.45, 2.75) is 32.1 Å². The highest BCUT2D eigenvalue weighted by Crippen LogP contribution is 2.12. The molecule has 0 saturated heterocycles. The molecule has 1 aromatic heterocycles. The molecule has 1 heterocycles. The molecule has 0 bridgehead atoms. The van der Waals surface area contributed by atoms with Crippen molar-refractivity contribution < 1.29 is 4.79 Å². The lowest BCUT2D eigenvalue weighted by atomic mass is 9.99. The third-order valence-electron chi connectivity index (χ3n) is 3.81. The van der Waals surface area contributed by atoms with Gasteiger partial charge in [-0.15, -0.1) is 6.58 Å². The van der Waals surface area contributed by atoms with E-state index in [9.17, 15) is 9.59 Å². The molecule has 0 aliphatic rings. The van der Waals surface area contributed by atoms with Crippen LogP contribution in [0.25, 0.3) is 0 Å². The Kier molecular flexibility index (Phi) is 5.92. The van der Waals surface area contributed by atoms with Gasteiger partial charge in [0.15, 0.2) is 11.2 Å². The maximum absolute atomic E-state index is 12.5. The quantitative estimate of drug-likeness (QED) is 0.353. The molecule has 2 N–H and O–H groups in total. The maximum Gasteiger partial charge on any atom is 0.185 e. The van der Waals surface area contributed by atoms with Crippen molar-refractivity contribution in [1.29, 1.82) is 0 Å². The van der Waals surface area contributed by atoms with Crippen LogP contribution in [-0.2, 0) is 12.8 Å². The summed E-state index contributed by atoms with van der Waals surface area (Å²) < 4.78 is 1.28. The molecule has 1 aromatic carbocycles. The van der Waals surface area contributed by atoms with Gasteiger partial charge in [-0.2, -0.15) is 0 Å². The molecule has 0 atom stereocenters. The number of nitrogens with two attached hydrogens (primary N) is 1. The van der Waals surface area contributed by atoms with E-state index in [0.29, 0.717) is 36.9 Å². The average molecular weight is 310 g/mol. The van der Waals surface area contributed by atoms with Crippen LogP contribution in [0.4, 0.5) is 0 Å². The largest absolute Gasteiger partial charge is 0.339 e. The van der Waals surface area contributed by atoms with E-state index in [2.05, 4.69) is 6.58 Å². The number of aromatic nitrogens is 1. The van der Waals surface area contributed by atoms with E-state index < -0.39 is 0 Å². The minimum absolute atomic E-state index is 0.0879. The van der Waals surface area contributed by atoms with E-state index in [0.717, 1.165) is 12.0 Å². The smallest absolute Gasteiger partial charge is 0.185 e.